The van der Waals surface area contributed by atoms with Gasteiger partial charge in [-0.05, 0) is 24.3 Å². The largest absolute Gasteiger partial charge is 0.319 e. The first-order valence-corrected chi connectivity index (χ1v) is 4.51. The van der Waals surface area contributed by atoms with Gasteiger partial charge in [-0.1, -0.05) is 6.92 Å². The average Bonchev–Trinajstić information content (AvgIpc) is 2.29. The Morgan fingerprint density at radius 2 is 1.93 bits per heavy atom. The van der Waals surface area contributed by atoms with Crippen molar-refractivity contribution < 1.29 is 9.59 Å². The number of nitrogens with zero attached hydrogens (tertiary/aromatic N) is 1. The smallest absolute Gasteiger partial charge is 0.291 e. The predicted molar refractivity (Wildman–Crippen MR) is 55.1 cm³/mol. The molecular formula is C11H10N2O2. The quantitative estimate of drug-likeness (QED) is 0.754. The van der Waals surface area contributed by atoms with Gasteiger partial charge in [0.1, 0.15) is 0 Å². The molecule has 1 amide bonds. The van der Waals surface area contributed by atoms with Crippen LogP contribution in [0.2, 0.25) is 0 Å². The Kier molecular flexibility index (Phi) is 3.58. The number of anilines is 1. The SMILES string of the molecule is CCC(=O)C(=O)Nc1ccc(C#N)cc1. The van der Waals surface area contributed by atoms with Crippen LogP contribution in [-0.4, -0.2) is 11.7 Å². The van der Waals surface area contributed by atoms with Gasteiger partial charge < -0.3 is 5.32 Å². The molecule has 0 fully saturated rings. The fraction of sp³-hybridized carbons (Fsp3) is 0.182. The summed E-state index contributed by atoms with van der Waals surface area (Å²) in [6.07, 6.45) is 0.183. The fourth-order valence-corrected chi connectivity index (χ4v) is 0.989. The minimum atomic E-state index is -0.623. The van der Waals surface area contributed by atoms with E-state index in [1.54, 1.807) is 31.2 Å². The summed E-state index contributed by atoms with van der Waals surface area (Å²) >= 11 is 0. The normalized spacial score (nSPS) is 9.07. The standard InChI is InChI=1S/C11H10N2O2/c1-2-10(14)11(15)13-9-5-3-8(7-12)4-6-9/h3-6H,2H2,1H3,(H,13,15). The molecule has 76 valence electrons. The van der Waals surface area contributed by atoms with Crippen molar-refractivity contribution in [3.63, 3.8) is 0 Å². The Hall–Kier alpha value is -2.15. The van der Waals surface area contributed by atoms with E-state index in [0.29, 0.717) is 11.3 Å². The number of rotatable bonds is 3. The van der Waals surface area contributed by atoms with E-state index in [9.17, 15) is 9.59 Å². The molecule has 0 radical (unpaired) electrons. The van der Waals surface area contributed by atoms with E-state index in [2.05, 4.69) is 5.32 Å². The molecule has 1 N–H and O–H groups in total. The summed E-state index contributed by atoms with van der Waals surface area (Å²) in [4.78, 5) is 22.1. The van der Waals surface area contributed by atoms with Crippen LogP contribution in [0.5, 0.6) is 0 Å². The fourth-order valence-electron chi connectivity index (χ4n) is 0.989. The summed E-state index contributed by atoms with van der Waals surface area (Å²) in [6.45, 7) is 1.63. The first kappa shape index (κ1) is 10.9. The Morgan fingerprint density at radius 3 is 2.40 bits per heavy atom. The molecule has 0 aromatic heterocycles. The molecule has 0 heterocycles. The first-order valence-electron chi connectivity index (χ1n) is 4.51. The molecule has 0 unspecified atom stereocenters. The van der Waals surface area contributed by atoms with Crippen LogP contribution in [0.3, 0.4) is 0 Å². The minimum absolute atomic E-state index is 0.183. The molecule has 15 heavy (non-hydrogen) atoms. The van der Waals surface area contributed by atoms with Crippen LogP contribution in [0.4, 0.5) is 5.69 Å². The number of hydrogen-bond donors (Lipinski definition) is 1. The molecule has 1 aromatic rings. The highest BCUT2D eigenvalue weighted by Crippen LogP contribution is 2.08. The Labute approximate surface area is 87.5 Å². The molecule has 0 aliphatic heterocycles. The zero-order chi connectivity index (χ0) is 11.3. The van der Waals surface area contributed by atoms with Crippen molar-refractivity contribution in [3.8, 4) is 6.07 Å². The van der Waals surface area contributed by atoms with Crippen molar-refractivity contribution in [2.24, 2.45) is 0 Å². The van der Waals surface area contributed by atoms with E-state index in [-0.39, 0.29) is 6.42 Å². The Morgan fingerprint density at radius 1 is 1.33 bits per heavy atom. The average molecular weight is 202 g/mol. The molecule has 0 saturated carbocycles. The van der Waals surface area contributed by atoms with Crippen molar-refractivity contribution in [2.75, 3.05) is 5.32 Å². The maximum absolute atomic E-state index is 11.2. The zero-order valence-electron chi connectivity index (χ0n) is 8.28. The van der Waals surface area contributed by atoms with Gasteiger partial charge >= 0.3 is 0 Å². The zero-order valence-corrected chi connectivity index (χ0v) is 8.28. The number of ketones is 1. The molecule has 0 saturated heterocycles. The van der Waals surface area contributed by atoms with Crippen LogP contribution in [-0.2, 0) is 9.59 Å². The monoisotopic (exact) mass is 202 g/mol. The summed E-state index contributed by atoms with van der Waals surface area (Å²) in [5, 5.41) is 11.0. The van der Waals surface area contributed by atoms with Crippen molar-refractivity contribution in [2.45, 2.75) is 13.3 Å². The van der Waals surface area contributed by atoms with Crippen LogP contribution in [0.25, 0.3) is 0 Å². The van der Waals surface area contributed by atoms with E-state index >= 15 is 0 Å². The first-order chi connectivity index (χ1) is 7.17. The summed E-state index contributed by atoms with van der Waals surface area (Å²) < 4.78 is 0. The summed E-state index contributed by atoms with van der Waals surface area (Å²) in [7, 11) is 0. The second kappa shape index (κ2) is 4.91. The second-order valence-corrected chi connectivity index (χ2v) is 2.92. The van der Waals surface area contributed by atoms with E-state index < -0.39 is 11.7 Å². The van der Waals surface area contributed by atoms with E-state index in [1.165, 1.54) is 0 Å². The number of nitrogens with one attached hydrogen (secondary N) is 1. The number of benzene rings is 1. The molecule has 1 aromatic carbocycles. The second-order valence-electron chi connectivity index (χ2n) is 2.92. The van der Waals surface area contributed by atoms with E-state index in [4.69, 9.17) is 5.26 Å². The van der Waals surface area contributed by atoms with Gasteiger partial charge in [-0.2, -0.15) is 5.26 Å². The highest BCUT2D eigenvalue weighted by Gasteiger charge is 2.10. The molecule has 0 bridgehead atoms. The molecular weight excluding hydrogens is 192 g/mol. The van der Waals surface area contributed by atoms with Crippen LogP contribution in [0.1, 0.15) is 18.9 Å². The number of carbonyl (C=O) groups excluding carboxylic acids is 2. The van der Waals surface area contributed by atoms with Gasteiger partial charge in [0, 0.05) is 12.1 Å². The lowest BCUT2D eigenvalue weighted by molar-refractivity contribution is -0.134. The third-order valence-corrected chi connectivity index (χ3v) is 1.85. The predicted octanol–water partition coefficient (Wildman–Crippen LogP) is 1.48. The third kappa shape index (κ3) is 2.92. The minimum Gasteiger partial charge on any atom is -0.319 e. The van der Waals surface area contributed by atoms with Crippen LogP contribution < -0.4 is 5.32 Å². The summed E-state index contributed by atoms with van der Waals surface area (Å²) in [5.74, 6) is -1.08. The summed E-state index contributed by atoms with van der Waals surface area (Å²) in [5.41, 5.74) is 1.02. The van der Waals surface area contributed by atoms with Crippen LogP contribution in [0, 0.1) is 11.3 Å². The summed E-state index contributed by atoms with van der Waals surface area (Å²) in [6, 6.07) is 8.28. The highest BCUT2D eigenvalue weighted by molar-refractivity contribution is 6.40. The number of hydrogen-bond acceptors (Lipinski definition) is 3. The van der Waals surface area contributed by atoms with Crippen molar-refractivity contribution in [1.29, 1.82) is 5.26 Å². The van der Waals surface area contributed by atoms with Crippen molar-refractivity contribution >= 4 is 17.4 Å². The molecule has 4 nitrogen and oxygen atoms in total. The number of carbonyl (C=O) groups is 2. The Balaban J connectivity index is 2.70. The lowest BCUT2D eigenvalue weighted by atomic mass is 10.2. The maximum Gasteiger partial charge on any atom is 0.291 e. The molecule has 0 atom stereocenters. The Bertz CT molecular complexity index is 415. The molecule has 4 heteroatoms. The van der Waals surface area contributed by atoms with E-state index in [0.717, 1.165) is 0 Å². The van der Waals surface area contributed by atoms with Gasteiger partial charge in [0.05, 0.1) is 11.6 Å². The molecule has 0 aliphatic carbocycles. The van der Waals surface area contributed by atoms with Gasteiger partial charge in [-0.15, -0.1) is 0 Å². The topological polar surface area (TPSA) is 70.0 Å². The lowest BCUT2D eigenvalue weighted by Gasteiger charge is -2.02. The van der Waals surface area contributed by atoms with Gasteiger partial charge in [0.25, 0.3) is 5.91 Å². The third-order valence-electron chi connectivity index (χ3n) is 1.85. The van der Waals surface area contributed by atoms with Crippen LogP contribution >= 0.6 is 0 Å². The van der Waals surface area contributed by atoms with Gasteiger partial charge in [0.2, 0.25) is 5.78 Å². The van der Waals surface area contributed by atoms with Crippen molar-refractivity contribution in [1.82, 2.24) is 0 Å². The maximum atomic E-state index is 11.2. The van der Waals surface area contributed by atoms with Gasteiger partial charge in [-0.25, -0.2) is 0 Å². The molecule has 1 rings (SSSR count). The molecule has 0 aliphatic rings. The number of amides is 1. The van der Waals surface area contributed by atoms with Gasteiger partial charge in [-0.3, -0.25) is 9.59 Å². The lowest BCUT2D eigenvalue weighted by Crippen LogP contribution is -2.21. The van der Waals surface area contributed by atoms with E-state index in [1.807, 2.05) is 6.07 Å². The van der Waals surface area contributed by atoms with Crippen molar-refractivity contribution in [3.05, 3.63) is 29.8 Å². The van der Waals surface area contributed by atoms with Crippen LogP contribution in [0.15, 0.2) is 24.3 Å². The van der Waals surface area contributed by atoms with Gasteiger partial charge in [0.15, 0.2) is 0 Å². The highest BCUT2D eigenvalue weighted by atomic mass is 16.2. The molecule has 0 spiro atoms. The number of Topliss-reactive ketones (excluding diaryl/α,β-unsaturated/α-hetero) is 1. The number of nitriles is 1.